The van der Waals surface area contributed by atoms with Crippen LogP contribution in [0.2, 0.25) is 0 Å². The lowest BCUT2D eigenvalue weighted by molar-refractivity contribution is -0.142. The third-order valence-corrected chi connectivity index (χ3v) is 5.62. The summed E-state index contributed by atoms with van der Waals surface area (Å²) < 4.78 is 52.6. The lowest BCUT2D eigenvalue weighted by atomic mass is 9.95. The second kappa shape index (κ2) is 7.44. The Hall–Kier alpha value is -3.30. The molecule has 1 fully saturated rings. The Morgan fingerprint density at radius 3 is 2.65 bits per heavy atom. The molecule has 0 unspecified atom stereocenters. The van der Waals surface area contributed by atoms with Gasteiger partial charge in [-0.25, -0.2) is 9.50 Å². The van der Waals surface area contributed by atoms with E-state index in [1.165, 1.54) is 0 Å². The fourth-order valence-corrected chi connectivity index (χ4v) is 4.04. The third-order valence-electron chi connectivity index (χ3n) is 5.62. The number of aromatic nitrogens is 3. The van der Waals surface area contributed by atoms with Crippen molar-refractivity contribution in [3.05, 3.63) is 41.7 Å². The first kappa shape index (κ1) is 19.7. The van der Waals surface area contributed by atoms with Crippen LogP contribution >= 0.6 is 0 Å². The van der Waals surface area contributed by atoms with Crippen molar-refractivity contribution in [1.29, 1.82) is 0 Å². The van der Waals surface area contributed by atoms with E-state index in [2.05, 4.69) is 15.4 Å². The summed E-state index contributed by atoms with van der Waals surface area (Å²) in [4.78, 5) is 17.2. The molecule has 2 aromatic heterocycles. The van der Waals surface area contributed by atoms with Crippen LogP contribution in [-0.4, -0.2) is 33.3 Å². The SMILES string of the molecule is O=C(NC1CCCCC1)c1cnn2c(C(F)(F)F)cc(-c3ccc4c(c3)OCO4)nc12. The van der Waals surface area contributed by atoms with E-state index >= 15 is 0 Å². The van der Waals surface area contributed by atoms with Gasteiger partial charge in [0.1, 0.15) is 5.56 Å². The molecule has 0 atom stereocenters. The molecule has 1 aliphatic heterocycles. The van der Waals surface area contributed by atoms with Crippen LogP contribution < -0.4 is 14.8 Å². The Labute approximate surface area is 175 Å². The third kappa shape index (κ3) is 3.66. The average Bonchev–Trinajstić information content (AvgIpc) is 3.39. The molecular weight excluding hydrogens is 413 g/mol. The Bertz CT molecular complexity index is 1150. The average molecular weight is 432 g/mol. The maximum Gasteiger partial charge on any atom is 0.433 e. The van der Waals surface area contributed by atoms with Crippen molar-refractivity contribution in [3.63, 3.8) is 0 Å². The van der Waals surface area contributed by atoms with E-state index in [0.717, 1.165) is 44.4 Å². The van der Waals surface area contributed by atoms with Gasteiger partial charge in [-0.3, -0.25) is 4.79 Å². The standard InChI is InChI=1S/C21H19F3N4O3/c22-21(23,24)18-9-15(12-6-7-16-17(8-12)31-11-30-16)27-19-14(10-25-28(18)19)20(29)26-13-4-2-1-3-5-13/h6-10,13H,1-5,11H2,(H,26,29). The summed E-state index contributed by atoms with van der Waals surface area (Å²) in [6, 6.07) is 5.71. The summed E-state index contributed by atoms with van der Waals surface area (Å²) >= 11 is 0. The van der Waals surface area contributed by atoms with Crippen molar-refractivity contribution in [1.82, 2.24) is 19.9 Å². The largest absolute Gasteiger partial charge is 0.454 e. The highest BCUT2D eigenvalue weighted by atomic mass is 19.4. The Kier molecular flexibility index (Phi) is 4.71. The summed E-state index contributed by atoms with van der Waals surface area (Å²) in [6.07, 6.45) is 1.32. The first-order valence-electron chi connectivity index (χ1n) is 10.1. The first-order chi connectivity index (χ1) is 14.9. The maximum atomic E-state index is 13.8. The van der Waals surface area contributed by atoms with Crippen LogP contribution in [0.25, 0.3) is 16.9 Å². The molecule has 2 aliphatic rings. The minimum atomic E-state index is -4.69. The van der Waals surface area contributed by atoms with E-state index in [9.17, 15) is 18.0 Å². The minimum Gasteiger partial charge on any atom is -0.454 e. The lowest BCUT2D eigenvalue weighted by Gasteiger charge is -2.22. The number of benzene rings is 1. The molecule has 10 heteroatoms. The molecule has 5 rings (SSSR count). The molecule has 1 aromatic carbocycles. The molecule has 0 bridgehead atoms. The fourth-order valence-electron chi connectivity index (χ4n) is 4.04. The number of fused-ring (bicyclic) bond motifs is 2. The van der Waals surface area contributed by atoms with Crippen LogP contribution in [0.4, 0.5) is 13.2 Å². The van der Waals surface area contributed by atoms with Crippen molar-refractivity contribution in [2.24, 2.45) is 0 Å². The molecule has 3 heterocycles. The van der Waals surface area contributed by atoms with E-state index < -0.39 is 17.8 Å². The normalized spacial score (nSPS) is 16.6. The molecule has 1 saturated carbocycles. The van der Waals surface area contributed by atoms with E-state index in [0.29, 0.717) is 21.6 Å². The van der Waals surface area contributed by atoms with E-state index in [1.807, 2.05) is 0 Å². The Balaban J connectivity index is 1.59. The zero-order chi connectivity index (χ0) is 21.6. The van der Waals surface area contributed by atoms with Gasteiger partial charge in [-0.15, -0.1) is 0 Å². The van der Waals surface area contributed by atoms with Gasteiger partial charge in [0, 0.05) is 11.6 Å². The molecule has 3 aromatic rings. The van der Waals surface area contributed by atoms with E-state index in [-0.39, 0.29) is 29.7 Å². The number of halogens is 3. The van der Waals surface area contributed by atoms with Gasteiger partial charge in [0.05, 0.1) is 11.9 Å². The highest BCUT2D eigenvalue weighted by Gasteiger charge is 2.36. The molecule has 0 saturated heterocycles. The van der Waals surface area contributed by atoms with Crippen LogP contribution in [-0.2, 0) is 6.18 Å². The minimum absolute atomic E-state index is 0.00956. The number of ether oxygens (including phenoxy) is 2. The second-order valence-corrected chi connectivity index (χ2v) is 7.69. The molecule has 0 spiro atoms. The number of hydrogen-bond donors (Lipinski definition) is 1. The molecule has 1 amide bonds. The number of hydrogen-bond acceptors (Lipinski definition) is 5. The number of nitrogens with zero attached hydrogens (tertiary/aromatic N) is 3. The number of amides is 1. The van der Waals surface area contributed by atoms with Crippen molar-refractivity contribution < 1.29 is 27.4 Å². The molecule has 162 valence electrons. The van der Waals surface area contributed by atoms with Crippen molar-refractivity contribution in [3.8, 4) is 22.8 Å². The summed E-state index contributed by atoms with van der Waals surface area (Å²) in [6.45, 7) is 0.0488. The predicted molar refractivity (Wildman–Crippen MR) is 104 cm³/mol. The molecular formula is C21H19F3N4O3. The highest BCUT2D eigenvalue weighted by Crippen LogP contribution is 2.37. The maximum absolute atomic E-state index is 13.8. The summed E-state index contributed by atoms with van der Waals surface area (Å²) in [7, 11) is 0. The number of nitrogens with one attached hydrogen (secondary N) is 1. The number of carbonyl (C=O) groups is 1. The molecule has 31 heavy (non-hydrogen) atoms. The predicted octanol–water partition coefficient (Wildman–Crippen LogP) is 4.21. The molecule has 0 radical (unpaired) electrons. The molecule has 7 nitrogen and oxygen atoms in total. The van der Waals surface area contributed by atoms with Crippen LogP contribution in [0, 0.1) is 0 Å². The van der Waals surface area contributed by atoms with Crippen LogP contribution in [0.5, 0.6) is 11.5 Å². The topological polar surface area (TPSA) is 77.8 Å². The van der Waals surface area contributed by atoms with Crippen molar-refractivity contribution in [2.45, 2.75) is 44.3 Å². The van der Waals surface area contributed by atoms with Gasteiger partial charge in [0.15, 0.2) is 22.8 Å². The zero-order valence-corrected chi connectivity index (χ0v) is 16.4. The van der Waals surface area contributed by atoms with Gasteiger partial charge in [-0.1, -0.05) is 19.3 Å². The van der Waals surface area contributed by atoms with Gasteiger partial charge < -0.3 is 14.8 Å². The first-order valence-corrected chi connectivity index (χ1v) is 10.1. The fraction of sp³-hybridized carbons (Fsp3) is 0.381. The van der Waals surface area contributed by atoms with Gasteiger partial charge >= 0.3 is 6.18 Å². The summed E-state index contributed by atoms with van der Waals surface area (Å²) in [5.74, 6) is 0.472. The van der Waals surface area contributed by atoms with Gasteiger partial charge in [-0.2, -0.15) is 18.3 Å². The summed E-state index contributed by atoms with van der Waals surface area (Å²) in [5.41, 5.74) is -0.668. The number of alkyl halides is 3. The Morgan fingerprint density at radius 1 is 1.10 bits per heavy atom. The zero-order valence-electron chi connectivity index (χ0n) is 16.4. The highest BCUT2D eigenvalue weighted by molar-refractivity contribution is 6.00. The Morgan fingerprint density at radius 2 is 1.87 bits per heavy atom. The lowest BCUT2D eigenvalue weighted by Crippen LogP contribution is -2.36. The van der Waals surface area contributed by atoms with Crippen LogP contribution in [0.1, 0.15) is 48.2 Å². The van der Waals surface area contributed by atoms with Crippen LogP contribution in [0.3, 0.4) is 0 Å². The molecule has 1 aliphatic carbocycles. The van der Waals surface area contributed by atoms with Crippen LogP contribution in [0.15, 0.2) is 30.5 Å². The second-order valence-electron chi connectivity index (χ2n) is 7.69. The monoisotopic (exact) mass is 432 g/mol. The van der Waals surface area contributed by atoms with E-state index in [1.54, 1.807) is 18.2 Å². The number of carbonyl (C=O) groups excluding carboxylic acids is 1. The quantitative estimate of drug-likeness (QED) is 0.671. The molecule has 1 N–H and O–H groups in total. The summed E-state index contributed by atoms with van der Waals surface area (Å²) in [5, 5.41) is 6.74. The van der Waals surface area contributed by atoms with E-state index in [4.69, 9.17) is 9.47 Å². The van der Waals surface area contributed by atoms with Gasteiger partial charge in [0.2, 0.25) is 6.79 Å². The van der Waals surface area contributed by atoms with Crippen molar-refractivity contribution >= 4 is 11.6 Å². The smallest absolute Gasteiger partial charge is 0.433 e. The number of rotatable bonds is 3. The van der Waals surface area contributed by atoms with Gasteiger partial charge in [-0.05, 0) is 37.1 Å². The van der Waals surface area contributed by atoms with Gasteiger partial charge in [0.25, 0.3) is 5.91 Å². The van der Waals surface area contributed by atoms with Crippen molar-refractivity contribution in [2.75, 3.05) is 6.79 Å².